The minimum absolute atomic E-state index is 0.230. The molecule has 26 heavy (non-hydrogen) atoms. The number of halogens is 1. The predicted molar refractivity (Wildman–Crippen MR) is 103 cm³/mol. The van der Waals surface area contributed by atoms with Crippen LogP contribution in [0, 0.1) is 0 Å². The molecule has 6 heteroatoms. The van der Waals surface area contributed by atoms with Crippen molar-refractivity contribution in [3.63, 3.8) is 0 Å². The van der Waals surface area contributed by atoms with Gasteiger partial charge in [0.15, 0.2) is 5.76 Å². The zero-order valence-corrected chi connectivity index (χ0v) is 15.4. The van der Waals surface area contributed by atoms with E-state index < -0.39 is 0 Å². The fourth-order valence-electron chi connectivity index (χ4n) is 2.84. The Labute approximate surface area is 158 Å². The van der Waals surface area contributed by atoms with Crippen LogP contribution in [0.2, 0.25) is 0 Å². The van der Waals surface area contributed by atoms with Crippen molar-refractivity contribution in [2.24, 2.45) is 0 Å². The maximum absolute atomic E-state index is 12.5. The van der Waals surface area contributed by atoms with E-state index in [0.29, 0.717) is 24.4 Å². The maximum atomic E-state index is 12.5. The Morgan fingerprint density at radius 1 is 1.12 bits per heavy atom. The van der Waals surface area contributed by atoms with Crippen LogP contribution in [-0.4, -0.2) is 15.7 Å². The molecule has 5 nitrogen and oxygen atoms in total. The quantitative estimate of drug-likeness (QED) is 0.532. The number of hydrogen-bond acceptors (Lipinski definition) is 3. The molecule has 0 saturated carbocycles. The van der Waals surface area contributed by atoms with Crippen LogP contribution in [0.5, 0.6) is 0 Å². The van der Waals surface area contributed by atoms with E-state index in [-0.39, 0.29) is 5.91 Å². The van der Waals surface area contributed by atoms with Gasteiger partial charge in [-0.15, -0.1) is 0 Å². The zero-order chi connectivity index (χ0) is 17.9. The molecule has 0 saturated heterocycles. The monoisotopic (exact) mass is 409 g/mol. The van der Waals surface area contributed by atoms with Gasteiger partial charge in [-0.1, -0.05) is 40.2 Å². The van der Waals surface area contributed by atoms with Crippen molar-refractivity contribution in [2.45, 2.75) is 13.1 Å². The molecule has 4 aromatic rings. The fraction of sp³-hybridized carbons (Fsp3) is 0.100. The van der Waals surface area contributed by atoms with Gasteiger partial charge >= 0.3 is 0 Å². The Kier molecular flexibility index (Phi) is 4.58. The Balaban J connectivity index is 1.48. The lowest BCUT2D eigenvalue weighted by Crippen LogP contribution is -2.23. The molecular weight excluding hydrogens is 394 g/mol. The topological polar surface area (TPSA) is 60.1 Å². The normalized spacial score (nSPS) is 11.0. The Hall–Kier alpha value is -2.86. The summed E-state index contributed by atoms with van der Waals surface area (Å²) in [5.41, 5.74) is 2.86. The van der Waals surface area contributed by atoms with Crippen LogP contribution in [0.3, 0.4) is 0 Å². The molecule has 0 spiro atoms. The number of benzene rings is 2. The number of furan rings is 1. The van der Waals surface area contributed by atoms with E-state index >= 15 is 0 Å². The largest absolute Gasteiger partial charge is 0.451 e. The summed E-state index contributed by atoms with van der Waals surface area (Å²) in [6.07, 6.45) is 3.67. The number of nitrogens with zero attached hydrogens (tertiary/aromatic N) is 2. The van der Waals surface area contributed by atoms with Crippen molar-refractivity contribution in [3.8, 4) is 0 Å². The summed E-state index contributed by atoms with van der Waals surface area (Å²) in [5, 5.41) is 8.07. The average Bonchev–Trinajstić information content (AvgIpc) is 3.30. The number of amides is 1. The van der Waals surface area contributed by atoms with Crippen LogP contribution in [-0.2, 0) is 13.1 Å². The highest BCUT2D eigenvalue weighted by Gasteiger charge is 2.13. The number of nitrogens with one attached hydrogen (secondary N) is 1. The lowest BCUT2D eigenvalue weighted by molar-refractivity contribution is 0.0925. The van der Waals surface area contributed by atoms with E-state index in [1.54, 1.807) is 12.3 Å². The van der Waals surface area contributed by atoms with Crippen LogP contribution >= 0.6 is 15.9 Å². The molecule has 130 valence electrons. The molecule has 0 radical (unpaired) electrons. The Morgan fingerprint density at radius 3 is 2.77 bits per heavy atom. The van der Waals surface area contributed by atoms with Gasteiger partial charge in [-0.25, -0.2) is 0 Å². The molecule has 0 aliphatic rings. The van der Waals surface area contributed by atoms with Gasteiger partial charge in [0, 0.05) is 28.8 Å². The third kappa shape index (κ3) is 3.55. The molecule has 0 aliphatic heterocycles. The van der Waals surface area contributed by atoms with E-state index in [9.17, 15) is 4.79 Å². The van der Waals surface area contributed by atoms with Crippen molar-refractivity contribution in [1.82, 2.24) is 15.1 Å². The second-order valence-electron chi connectivity index (χ2n) is 5.95. The van der Waals surface area contributed by atoms with Crippen molar-refractivity contribution >= 4 is 32.8 Å². The minimum atomic E-state index is -0.230. The molecule has 0 unspecified atom stereocenters. The highest BCUT2D eigenvalue weighted by molar-refractivity contribution is 9.10. The first-order valence-electron chi connectivity index (χ1n) is 8.20. The van der Waals surface area contributed by atoms with E-state index in [1.807, 2.05) is 59.4 Å². The highest BCUT2D eigenvalue weighted by Crippen LogP contribution is 2.23. The van der Waals surface area contributed by atoms with Gasteiger partial charge in [-0.05, 0) is 41.5 Å². The standard InChI is InChI=1S/C20H16BrN3O2/c21-17-6-7-18-16(10-17)11-19(26-18)20(25)22-12-14-4-1-2-5-15(14)13-24-9-3-8-23-24/h1-11H,12-13H2,(H,22,25). The molecule has 0 aliphatic carbocycles. The summed E-state index contributed by atoms with van der Waals surface area (Å²) < 4.78 is 8.45. The van der Waals surface area contributed by atoms with E-state index in [0.717, 1.165) is 21.0 Å². The van der Waals surface area contributed by atoms with Crippen LogP contribution in [0.1, 0.15) is 21.7 Å². The van der Waals surface area contributed by atoms with Gasteiger partial charge in [0.05, 0.1) is 6.54 Å². The van der Waals surface area contributed by atoms with Crippen molar-refractivity contribution < 1.29 is 9.21 Å². The Morgan fingerprint density at radius 2 is 1.96 bits per heavy atom. The second kappa shape index (κ2) is 7.17. The van der Waals surface area contributed by atoms with Gasteiger partial charge in [-0.2, -0.15) is 5.10 Å². The van der Waals surface area contributed by atoms with E-state index in [1.165, 1.54) is 0 Å². The molecule has 2 aromatic carbocycles. The summed E-state index contributed by atoms with van der Waals surface area (Å²) in [6.45, 7) is 1.09. The summed E-state index contributed by atoms with van der Waals surface area (Å²) in [7, 11) is 0. The van der Waals surface area contributed by atoms with Crippen LogP contribution < -0.4 is 5.32 Å². The van der Waals surface area contributed by atoms with E-state index in [2.05, 4.69) is 26.3 Å². The van der Waals surface area contributed by atoms with Crippen LogP contribution in [0.25, 0.3) is 11.0 Å². The molecular formula is C20H16BrN3O2. The number of fused-ring (bicyclic) bond motifs is 1. The smallest absolute Gasteiger partial charge is 0.287 e. The van der Waals surface area contributed by atoms with Crippen molar-refractivity contribution in [2.75, 3.05) is 0 Å². The Bertz CT molecular complexity index is 1050. The third-order valence-electron chi connectivity index (χ3n) is 4.15. The van der Waals surface area contributed by atoms with Crippen molar-refractivity contribution in [3.05, 3.63) is 88.4 Å². The van der Waals surface area contributed by atoms with Gasteiger partial charge < -0.3 is 9.73 Å². The summed E-state index contributed by atoms with van der Waals surface area (Å²) >= 11 is 3.42. The third-order valence-corrected chi connectivity index (χ3v) is 4.64. The summed E-state index contributed by atoms with van der Waals surface area (Å²) in [6, 6.07) is 17.3. The minimum Gasteiger partial charge on any atom is -0.451 e. The fourth-order valence-corrected chi connectivity index (χ4v) is 3.22. The number of carbonyl (C=O) groups is 1. The summed E-state index contributed by atoms with van der Waals surface area (Å²) in [5.74, 6) is 0.0777. The first-order valence-corrected chi connectivity index (χ1v) is 9.00. The second-order valence-corrected chi connectivity index (χ2v) is 6.86. The van der Waals surface area contributed by atoms with Gasteiger partial charge in [0.2, 0.25) is 0 Å². The van der Waals surface area contributed by atoms with Crippen molar-refractivity contribution in [1.29, 1.82) is 0 Å². The summed E-state index contributed by atoms with van der Waals surface area (Å²) in [4.78, 5) is 12.5. The maximum Gasteiger partial charge on any atom is 0.287 e. The highest BCUT2D eigenvalue weighted by atomic mass is 79.9. The molecule has 0 fully saturated rings. The van der Waals surface area contributed by atoms with E-state index in [4.69, 9.17) is 4.42 Å². The van der Waals surface area contributed by atoms with Gasteiger partial charge in [0.25, 0.3) is 5.91 Å². The molecule has 2 aromatic heterocycles. The zero-order valence-electron chi connectivity index (χ0n) is 13.9. The predicted octanol–water partition coefficient (Wildman–Crippen LogP) is 4.37. The average molecular weight is 410 g/mol. The number of hydrogen-bond donors (Lipinski definition) is 1. The first-order chi connectivity index (χ1) is 12.7. The number of aromatic nitrogens is 2. The SMILES string of the molecule is O=C(NCc1ccccc1Cn1cccn1)c1cc2cc(Br)ccc2o1. The molecule has 2 heterocycles. The molecule has 1 N–H and O–H groups in total. The molecule has 0 atom stereocenters. The first kappa shape index (κ1) is 16.6. The number of carbonyl (C=O) groups excluding carboxylic acids is 1. The lowest BCUT2D eigenvalue weighted by atomic mass is 10.1. The lowest BCUT2D eigenvalue weighted by Gasteiger charge is -2.10. The van der Waals surface area contributed by atoms with Crippen LogP contribution in [0.4, 0.5) is 0 Å². The molecule has 1 amide bonds. The van der Waals surface area contributed by atoms with Gasteiger partial charge in [0.1, 0.15) is 5.58 Å². The van der Waals surface area contributed by atoms with Gasteiger partial charge in [-0.3, -0.25) is 9.48 Å². The molecule has 0 bridgehead atoms. The van der Waals surface area contributed by atoms with Crippen LogP contribution in [0.15, 0.2) is 75.9 Å². The number of rotatable bonds is 5. The molecule has 4 rings (SSSR count).